The number of nitrogens with one attached hydrogen (secondary N) is 2. The topological polar surface area (TPSA) is 57.3 Å². The van der Waals surface area contributed by atoms with Crippen molar-refractivity contribution in [3.05, 3.63) is 58.9 Å². The quantitative estimate of drug-likeness (QED) is 0.829. The SMILES string of the molecule is O=C(CN1CCNCC1c1cccnc1)Nc1cc(C(F)(F)F)ccc1Cl. The lowest BCUT2D eigenvalue weighted by Gasteiger charge is -2.35. The molecule has 0 radical (unpaired) electrons. The minimum atomic E-state index is -4.51. The van der Waals surface area contributed by atoms with Gasteiger partial charge in [0, 0.05) is 38.1 Å². The zero-order valence-electron chi connectivity index (χ0n) is 14.3. The molecule has 1 aliphatic rings. The first kappa shape index (κ1) is 19.6. The number of rotatable bonds is 4. The van der Waals surface area contributed by atoms with Gasteiger partial charge in [0.1, 0.15) is 0 Å². The van der Waals surface area contributed by atoms with Gasteiger partial charge in [0.25, 0.3) is 0 Å². The molecule has 1 aliphatic heterocycles. The number of halogens is 4. The van der Waals surface area contributed by atoms with Gasteiger partial charge >= 0.3 is 6.18 Å². The third-order valence-corrected chi connectivity index (χ3v) is 4.67. The number of amides is 1. The Morgan fingerprint density at radius 3 is 2.89 bits per heavy atom. The summed E-state index contributed by atoms with van der Waals surface area (Å²) in [5, 5.41) is 5.82. The minimum Gasteiger partial charge on any atom is -0.324 e. The van der Waals surface area contributed by atoms with Crippen LogP contribution < -0.4 is 10.6 Å². The number of alkyl halides is 3. The number of benzene rings is 1. The van der Waals surface area contributed by atoms with Gasteiger partial charge in [-0.25, -0.2) is 0 Å². The molecule has 27 heavy (non-hydrogen) atoms. The lowest BCUT2D eigenvalue weighted by Crippen LogP contribution is -2.48. The Hall–Kier alpha value is -2.16. The van der Waals surface area contributed by atoms with Crippen LogP contribution in [0.5, 0.6) is 0 Å². The summed E-state index contributed by atoms with van der Waals surface area (Å²) in [6.45, 7) is 2.04. The van der Waals surface area contributed by atoms with E-state index >= 15 is 0 Å². The number of pyridine rings is 1. The molecule has 1 aromatic heterocycles. The second-order valence-electron chi connectivity index (χ2n) is 6.22. The molecule has 1 aromatic carbocycles. The zero-order valence-corrected chi connectivity index (χ0v) is 15.0. The van der Waals surface area contributed by atoms with Crippen LogP contribution in [-0.2, 0) is 11.0 Å². The van der Waals surface area contributed by atoms with Gasteiger partial charge in [0.2, 0.25) is 5.91 Å². The lowest BCUT2D eigenvalue weighted by atomic mass is 10.1. The molecule has 144 valence electrons. The number of aromatic nitrogens is 1. The Balaban J connectivity index is 1.71. The van der Waals surface area contributed by atoms with Gasteiger partial charge in [-0.2, -0.15) is 13.2 Å². The minimum absolute atomic E-state index is 0.0355. The highest BCUT2D eigenvalue weighted by atomic mass is 35.5. The maximum absolute atomic E-state index is 12.9. The van der Waals surface area contributed by atoms with Gasteiger partial charge < -0.3 is 10.6 Å². The van der Waals surface area contributed by atoms with E-state index in [0.717, 1.165) is 23.8 Å². The number of hydrogen-bond donors (Lipinski definition) is 2. The molecule has 3 rings (SSSR count). The smallest absolute Gasteiger partial charge is 0.324 e. The average molecular weight is 399 g/mol. The largest absolute Gasteiger partial charge is 0.416 e. The highest BCUT2D eigenvalue weighted by Crippen LogP contribution is 2.33. The van der Waals surface area contributed by atoms with E-state index in [0.29, 0.717) is 19.6 Å². The number of hydrogen-bond acceptors (Lipinski definition) is 4. The molecule has 0 saturated carbocycles. The van der Waals surface area contributed by atoms with Crippen molar-refractivity contribution in [2.45, 2.75) is 12.2 Å². The average Bonchev–Trinajstić information content (AvgIpc) is 2.64. The van der Waals surface area contributed by atoms with Gasteiger partial charge in [0.05, 0.1) is 22.8 Å². The van der Waals surface area contributed by atoms with Crippen LogP contribution in [0.15, 0.2) is 42.7 Å². The highest BCUT2D eigenvalue weighted by Gasteiger charge is 2.31. The van der Waals surface area contributed by atoms with Crippen LogP contribution in [0.2, 0.25) is 5.02 Å². The fourth-order valence-corrected chi connectivity index (χ4v) is 3.17. The second kappa shape index (κ2) is 8.24. The van der Waals surface area contributed by atoms with Crippen LogP contribution in [0.4, 0.5) is 18.9 Å². The van der Waals surface area contributed by atoms with Gasteiger partial charge in [-0.05, 0) is 29.8 Å². The van der Waals surface area contributed by atoms with Crippen molar-refractivity contribution in [3.8, 4) is 0 Å². The van der Waals surface area contributed by atoms with Crippen molar-refractivity contribution in [1.82, 2.24) is 15.2 Å². The summed E-state index contributed by atoms with van der Waals surface area (Å²) in [5.74, 6) is -0.424. The summed E-state index contributed by atoms with van der Waals surface area (Å²) in [5.41, 5.74) is 0.0526. The van der Waals surface area contributed by atoms with Crippen molar-refractivity contribution in [3.63, 3.8) is 0 Å². The predicted molar refractivity (Wildman–Crippen MR) is 96.5 cm³/mol. The van der Waals surface area contributed by atoms with Gasteiger partial charge in [-0.15, -0.1) is 0 Å². The number of anilines is 1. The fraction of sp³-hybridized carbons (Fsp3) is 0.333. The summed E-state index contributed by atoms with van der Waals surface area (Å²) >= 11 is 5.94. The molecule has 1 saturated heterocycles. The first-order valence-corrected chi connectivity index (χ1v) is 8.73. The van der Waals surface area contributed by atoms with E-state index in [4.69, 9.17) is 11.6 Å². The van der Waals surface area contributed by atoms with E-state index in [1.807, 2.05) is 17.0 Å². The Bertz CT molecular complexity index is 801. The molecular weight excluding hydrogens is 381 g/mol. The van der Waals surface area contributed by atoms with Crippen LogP contribution in [0, 0.1) is 0 Å². The van der Waals surface area contributed by atoms with Gasteiger partial charge in [-0.1, -0.05) is 17.7 Å². The van der Waals surface area contributed by atoms with E-state index in [2.05, 4.69) is 15.6 Å². The Labute approximate surface area is 159 Å². The second-order valence-corrected chi connectivity index (χ2v) is 6.62. The Kier molecular flexibility index (Phi) is 5.98. The number of carbonyl (C=O) groups is 1. The maximum Gasteiger partial charge on any atom is 0.416 e. The molecule has 2 aromatic rings. The molecule has 1 unspecified atom stereocenters. The van der Waals surface area contributed by atoms with Crippen LogP contribution in [0.1, 0.15) is 17.2 Å². The maximum atomic E-state index is 12.9. The van der Waals surface area contributed by atoms with Crippen molar-refractivity contribution in [2.75, 3.05) is 31.5 Å². The van der Waals surface area contributed by atoms with Crippen molar-refractivity contribution < 1.29 is 18.0 Å². The molecule has 1 atom stereocenters. The van der Waals surface area contributed by atoms with Crippen molar-refractivity contribution >= 4 is 23.2 Å². The van der Waals surface area contributed by atoms with Crippen LogP contribution in [0.3, 0.4) is 0 Å². The first-order chi connectivity index (χ1) is 12.8. The predicted octanol–water partition coefficient (Wildman–Crippen LogP) is 3.34. The number of carbonyl (C=O) groups excluding carboxylic acids is 1. The summed E-state index contributed by atoms with van der Waals surface area (Å²) in [4.78, 5) is 18.5. The molecule has 0 spiro atoms. The molecule has 5 nitrogen and oxygen atoms in total. The zero-order chi connectivity index (χ0) is 19.4. The summed E-state index contributed by atoms with van der Waals surface area (Å²) < 4.78 is 38.6. The van der Waals surface area contributed by atoms with E-state index in [1.165, 1.54) is 0 Å². The third kappa shape index (κ3) is 4.97. The van der Waals surface area contributed by atoms with Gasteiger partial charge in [-0.3, -0.25) is 14.7 Å². The molecule has 1 fully saturated rings. The van der Waals surface area contributed by atoms with E-state index < -0.39 is 17.6 Å². The van der Waals surface area contributed by atoms with Crippen LogP contribution in [0.25, 0.3) is 0 Å². The van der Waals surface area contributed by atoms with E-state index in [-0.39, 0.29) is 23.3 Å². The van der Waals surface area contributed by atoms with Crippen molar-refractivity contribution in [2.24, 2.45) is 0 Å². The normalized spacial score (nSPS) is 18.3. The van der Waals surface area contributed by atoms with E-state index in [1.54, 1.807) is 12.4 Å². The molecule has 0 aliphatic carbocycles. The first-order valence-electron chi connectivity index (χ1n) is 8.36. The number of nitrogens with zero attached hydrogens (tertiary/aromatic N) is 2. The van der Waals surface area contributed by atoms with Gasteiger partial charge in [0.15, 0.2) is 0 Å². The molecule has 0 bridgehead atoms. The highest BCUT2D eigenvalue weighted by molar-refractivity contribution is 6.33. The lowest BCUT2D eigenvalue weighted by molar-refractivity contribution is -0.137. The summed E-state index contributed by atoms with van der Waals surface area (Å²) in [6.07, 6.45) is -1.09. The standard InChI is InChI=1S/C18H18ClF3N4O/c19-14-4-3-13(18(20,21)22)8-15(14)25-17(27)11-26-7-6-24-10-16(26)12-2-1-5-23-9-12/h1-5,8-9,16,24H,6-7,10-11H2,(H,25,27). The Morgan fingerprint density at radius 2 is 2.19 bits per heavy atom. The van der Waals surface area contributed by atoms with E-state index in [9.17, 15) is 18.0 Å². The molecule has 2 N–H and O–H groups in total. The number of piperazine rings is 1. The fourth-order valence-electron chi connectivity index (χ4n) is 3.01. The molecule has 9 heteroatoms. The molecule has 2 heterocycles. The Morgan fingerprint density at radius 1 is 1.37 bits per heavy atom. The van der Waals surface area contributed by atoms with Crippen LogP contribution in [-0.4, -0.2) is 42.0 Å². The third-order valence-electron chi connectivity index (χ3n) is 4.34. The molecular formula is C18H18ClF3N4O. The molecule has 1 amide bonds. The summed E-state index contributed by atoms with van der Waals surface area (Å²) in [6, 6.07) is 6.56. The summed E-state index contributed by atoms with van der Waals surface area (Å²) in [7, 11) is 0. The monoisotopic (exact) mass is 398 g/mol. The van der Waals surface area contributed by atoms with Crippen molar-refractivity contribution in [1.29, 1.82) is 0 Å². The van der Waals surface area contributed by atoms with Crippen LogP contribution >= 0.6 is 11.6 Å².